The molecule has 0 saturated carbocycles. The van der Waals surface area contributed by atoms with Crippen LogP contribution in [0.5, 0.6) is 0 Å². The zero-order valence-corrected chi connectivity index (χ0v) is 12.5. The Morgan fingerprint density at radius 1 is 1.37 bits per heavy atom. The zero-order valence-electron chi connectivity index (χ0n) is 10.9. The van der Waals surface area contributed by atoms with Gasteiger partial charge in [-0.15, -0.1) is 11.8 Å². The van der Waals surface area contributed by atoms with Crippen LogP contribution in [0.1, 0.15) is 25.7 Å². The monoisotopic (exact) mass is 307 g/mol. The van der Waals surface area contributed by atoms with E-state index in [1.165, 1.54) is 0 Å². The predicted octanol–water partition coefficient (Wildman–Crippen LogP) is -0.0863. The summed E-state index contributed by atoms with van der Waals surface area (Å²) in [7, 11) is -3.63. The minimum absolute atomic E-state index is 0.116. The molecule has 0 bridgehead atoms. The highest BCUT2D eigenvalue weighted by molar-refractivity contribution is 8.00. The second kappa shape index (κ2) is 6.43. The van der Waals surface area contributed by atoms with Crippen molar-refractivity contribution in [3.8, 4) is 0 Å². The minimum atomic E-state index is -3.63. The number of nitrogens with one attached hydrogen (secondary N) is 1. The first-order valence-corrected chi connectivity index (χ1v) is 9.23. The lowest BCUT2D eigenvalue weighted by molar-refractivity contribution is -0.132. The maximum Gasteiger partial charge on any atom is 0.274 e. The van der Waals surface area contributed by atoms with Crippen LogP contribution in [0.3, 0.4) is 0 Å². The number of hydrogen-bond acceptors (Lipinski definition) is 4. The molecule has 0 aromatic carbocycles. The Morgan fingerprint density at radius 2 is 2.16 bits per heavy atom. The molecule has 2 heterocycles. The number of carbonyl (C=O) groups is 1. The number of rotatable bonds is 4. The lowest BCUT2D eigenvalue weighted by atomic mass is 9.98. The molecule has 0 radical (unpaired) electrons. The van der Waals surface area contributed by atoms with Gasteiger partial charge < -0.3 is 4.90 Å². The average Bonchev–Trinajstić information content (AvgIpc) is 2.89. The van der Waals surface area contributed by atoms with Crippen LogP contribution >= 0.6 is 11.8 Å². The van der Waals surface area contributed by atoms with E-state index >= 15 is 0 Å². The molecular formula is C11H21N3O3S2. The van der Waals surface area contributed by atoms with Crippen LogP contribution in [0.15, 0.2) is 0 Å². The molecule has 0 aromatic rings. The average molecular weight is 307 g/mol. The van der Waals surface area contributed by atoms with Crippen molar-refractivity contribution < 1.29 is 13.2 Å². The fraction of sp³-hybridized carbons (Fsp3) is 0.909. The number of likely N-dealkylation sites (tertiary alicyclic amines) is 1. The maximum absolute atomic E-state index is 12.3. The number of amides is 1. The van der Waals surface area contributed by atoms with Gasteiger partial charge in [0.25, 0.3) is 10.2 Å². The molecule has 2 rings (SSSR count). The number of piperidine rings is 1. The SMILES string of the molecule is NS(=O)(=O)NCC1CCCN(C(=O)C2CCCS2)C1. The number of thioether (sulfide) groups is 1. The summed E-state index contributed by atoms with van der Waals surface area (Å²) < 4.78 is 24.1. The lowest BCUT2D eigenvalue weighted by Gasteiger charge is -2.34. The molecule has 3 N–H and O–H groups in total. The summed E-state index contributed by atoms with van der Waals surface area (Å²) in [5.74, 6) is 1.46. The Balaban J connectivity index is 1.84. The van der Waals surface area contributed by atoms with Crippen molar-refractivity contribution >= 4 is 27.9 Å². The van der Waals surface area contributed by atoms with E-state index in [-0.39, 0.29) is 17.1 Å². The fourth-order valence-electron chi connectivity index (χ4n) is 2.64. The molecule has 8 heteroatoms. The quantitative estimate of drug-likeness (QED) is 0.759. The Morgan fingerprint density at radius 3 is 2.79 bits per heavy atom. The van der Waals surface area contributed by atoms with Gasteiger partial charge in [-0.05, 0) is 37.4 Å². The summed E-state index contributed by atoms with van der Waals surface area (Å²) in [6.45, 7) is 1.75. The van der Waals surface area contributed by atoms with Crippen LogP contribution in [-0.2, 0) is 15.0 Å². The minimum Gasteiger partial charge on any atom is -0.341 e. The van der Waals surface area contributed by atoms with Gasteiger partial charge in [0.1, 0.15) is 0 Å². The van der Waals surface area contributed by atoms with E-state index in [4.69, 9.17) is 5.14 Å². The van der Waals surface area contributed by atoms with Gasteiger partial charge in [-0.1, -0.05) is 0 Å². The maximum atomic E-state index is 12.3. The van der Waals surface area contributed by atoms with Gasteiger partial charge >= 0.3 is 0 Å². The van der Waals surface area contributed by atoms with E-state index in [1.54, 1.807) is 11.8 Å². The normalized spacial score (nSPS) is 28.6. The van der Waals surface area contributed by atoms with Crippen molar-refractivity contribution in [1.82, 2.24) is 9.62 Å². The first-order chi connectivity index (χ1) is 8.96. The first-order valence-electron chi connectivity index (χ1n) is 6.63. The second-order valence-corrected chi connectivity index (χ2v) is 7.88. The van der Waals surface area contributed by atoms with Crippen LogP contribution in [0, 0.1) is 5.92 Å². The fourth-order valence-corrected chi connectivity index (χ4v) is 4.35. The molecule has 19 heavy (non-hydrogen) atoms. The van der Waals surface area contributed by atoms with Crippen molar-refractivity contribution in [3.63, 3.8) is 0 Å². The van der Waals surface area contributed by atoms with E-state index in [0.717, 1.165) is 38.0 Å². The van der Waals surface area contributed by atoms with Crippen LogP contribution in [0.2, 0.25) is 0 Å². The summed E-state index contributed by atoms with van der Waals surface area (Å²) in [6, 6.07) is 0. The van der Waals surface area contributed by atoms with Gasteiger partial charge in [0.15, 0.2) is 0 Å². The topological polar surface area (TPSA) is 92.5 Å². The Kier molecular flexibility index (Phi) is 5.10. The third kappa shape index (κ3) is 4.62. The molecule has 2 aliphatic rings. The van der Waals surface area contributed by atoms with Crippen LogP contribution in [0.25, 0.3) is 0 Å². The standard InChI is InChI=1S/C11H21N3O3S2/c12-19(16,17)13-7-9-3-1-5-14(8-9)11(15)10-4-2-6-18-10/h9-10,13H,1-8H2,(H2,12,16,17). The summed E-state index contributed by atoms with van der Waals surface area (Å²) in [6.07, 6.45) is 3.95. The highest BCUT2D eigenvalue weighted by atomic mass is 32.2. The van der Waals surface area contributed by atoms with Gasteiger partial charge in [-0.2, -0.15) is 8.42 Å². The molecule has 2 atom stereocenters. The summed E-state index contributed by atoms with van der Waals surface area (Å²) in [4.78, 5) is 14.2. The van der Waals surface area contributed by atoms with Crippen molar-refractivity contribution in [2.75, 3.05) is 25.4 Å². The first kappa shape index (κ1) is 15.1. The molecule has 6 nitrogen and oxygen atoms in total. The molecule has 2 saturated heterocycles. The number of carbonyl (C=O) groups excluding carboxylic acids is 1. The molecule has 1 amide bonds. The molecule has 2 aliphatic heterocycles. The van der Waals surface area contributed by atoms with Gasteiger partial charge in [0.05, 0.1) is 5.25 Å². The summed E-state index contributed by atoms with van der Waals surface area (Å²) >= 11 is 1.74. The number of nitrogens with two attached hydrogens (primary N) is 1. The molecule has 0 aromatic heterocycles. The van der Waals surface area contributed by atoms with Crippen molar-refractivity contribution in [2.45, 2.75) is 30.9 Å². The lowest BCUT2D eigenvalue weighted by Crippen LogP contribution is -2.46. The van der Waals surface area contributed by atoms with Crippen molar-refractivity contribution in [1.29, 1.82) is 0 Å². The highest BCUT2D eigenvalue weighted by Crippen LogP contribution is 2.29. The number of nitrogens with zero attached hydrogens (tertiary/aromatic N) is 1. The van der Waals surface area contributed by atoms with Gasteiger partial charge in [-0.3, -0.25) is 4.79 Å². The van der Waals surface area contributed by atoms with Gasteiger partial charge in [-0.25, -0.2) is 9.86 Å². The molecule has 0 aliphatic carbocycles. The highest BCUT2D eigenvalue weighted by Gasteiger charge is 2.31. The van der Waals surface area contributed by atoms with Crippen LogP contribution < -0.4 is 9.86 Å². The molecule has 110 valence electrons. The Bertz CT molecular complexity index is 421. The third-order valence-electron chi connectivity index (χ3n) is 3.61. The van der Waals surface area contributed by atoms with Crippen molar-refractivity contribution in [3.05, 3.63) is 0 Å². The van der Waals surface area contributed by atoms with Crippen molar-refractivity contribution in [2.24, 2.45) is 11.1 Å². The van der Waals surface area contributed by atoms with E-state index < -0.39 is 10.2 Å². The van der Waals surface area contributed by atoms with Gasteiger partial charge in [0.2, 0.25) is 5.91 Å². The van der Waals surface area contributed by atoms with E-state index in [2.05, 4.69) is 4.72 Å². The van der Waals surface area contributed by atoms with E-state index in [0.29, 0.717) is 13.1 Å². The Hall–Kier alpha value is -0.310. The van der Waals surface area contributed by atoms with Crippen LogP contribution in [-0.4, -0.2) is 49.9 Å². The molecule has 0 spiro atoms. The second-order valence-electron chi connectivity index (χ2n) is 5.19. The van der Waals surface area contributed by atoms with Crippen LogP contribution in [0.4, 0.5) is 0 Å². The summed E-state index contributed by atoms with van der Waals surface area (Å²) in [5.41, 5.74) is 0. The van der Waals surface area contributed by atoms with E-state index in [1.807, 2.05) is 4.90 Å². The zero-order chi connectivity index (χ0) is 13.9. The molecule has 2 fully saturated rings. The predicted molar refractivity (Wildman–Crippen MR) is 75.9 cm³/mol. The smallest absolute Gasteiger partial charge is 0.274 e. The molecular weight excluding hydrogens is 286 g/mol. The number of hydrogen-bond donors (Lipinski definition) is 2. The Labute approximate surface area is 118 Å². The third-order valence-corrected chi connectivity index (χ3v) is 5.54. The van der Waals surface area contributed by atoms with E-state index in [9.17, 15) is 13.2 Å². The molecule has 2 unspecified atom stereocenters. The largest absolute Gasteiger partial charge is 0.341 e. The van der Waals surface area contributed by atoms with Gasteiger partial charge in [0, 0.05) is 19.6 Å². The summed E-state index contributed by atoms with van der Waals surface area (Å²) in [5, 5.41) is 5.04.